The monoisotopic (exact) mass is 262 g/mol. The topological polar surface area (TPSA) is 33.1 Å². The lowest BCUT2D eigenvalue weighted by Crippen LogP contribution is -2.44. The van der Waals surface area contributed by atoms with Crippen LogP contribution >= 0.6 is 11.3 Å². The first-order chi connectivity index (χ1) is 8.93. The Morgan fingerprint density at radius 1 is 1.28 bits per heavy atom. The zero-order valence-corrected chi connectivity index (χ0v) is 11.2. The van der Waals surface area contributed by atoms with Crippen molar-refractivity contribution < 1.29 is 0 Å². The molecule has 3 rings (SSSR count). The second kappa shape index (κ2) is 5.65. The van der Waals surface area contributed by atoms with Gasteiger partial charge in [0, 0.05) is 39.3 Å². The van der Waals surface area contributed by atoms with E-state index in [4.69, 9.17) is 0 Å². The van der Waals surface area contributed by atoms with Crippen LogP contribution in [0.3, 0.4) is 0 Å². The molecule has 0 radical (unpaired) electrons. The van der Waals surface area contributed by atoms with Gasteiger partial charge in [0.1, 0.15) is 0 Å². The van der Waals surface area contributed by atoms with Crippen molar-refractivity contribution >= 4 is 11.3 Å². The van der Waals surface area contributed by atoms with Crippen LogP contribution in [0.5, 0.6) is 0 Å². The van der Waals surface area contributed by atoms with Gasteiger partial charge in [0.15, 0.2) is 0 Å². The van der Waals surface area contributed by atoms with Crippen LogP contribution in [0.1, 0.15) is 0 Å². The summed E-state index contributed by atoms with van der Waals surface area (Å²) in [6.07, 6.45) is 3.90. The highest BCUT2D eigenvalue weighted by Gasteiger charge is 2.11. The molecule has 1 N–H and O–H groups in total. The van der Waals surface area contributed by atoms with E-state index in [1.807, 2.05) is 12.5 Å². The Bertz CT molecular complexity index is 471. The summed E-state index contributed by atoms with van der Waals surface area (Å²) >= 11 is 1.77. The summed E-state index contributed by atoms with van der Waals surface area (Å²) in [7, 11) is 0. The third-order valence-electron chi connectivity index (χ3n) is 3.35. The minimum absolute atomic E-state index is 1.02. The van der Waals surface area contributed by atoms with Gasteiger partial charge in [-0.25, -0.2) is 4.98 Å². The van der Waals surface area contributed by atoms with Gasteiger partial charge in [-0.05, 0) is 11.4 Å². The number of imidazole rings is 1. The van der Waals surface area contributed by atoms with E-state index in [1.165, 1.54) is 10.6 Å². The molecule has 18 heavy (non-hydrogen) atoms. The fourth-order valence-corrected chi connectivity index (χ4v) is 3.06. The zero-order valence-electron chi connectivity index (χ0n) is 10.4. The van der Waals surface area contributed by atoms with E-state index in [2.05, 4.69) is 37.3 Å². The maximum Gasteiger partial charge on any atom is 0.0951 e. The summed E-state index contributed by atoms with van der Waals surface area (Å²) in [6, 6.07) is 4.25. The summed E-state index contributed by atoms with van der Waals surface area (Å²) in [5.41, 5.74) is 1.24. The van der Waals surface area contributed by atoms with Crippen LogP contribution in [0.2, 0.25) is 0 Å². The summed E-state index contributed by atoms with van der Waals surface area (Å²) in [4.78, 5) is 8.09. The highest BCUT2D eigenvalue weighted by atomic mass is 32.1. The number of rotatable bonds is 4. The number of nitrogens with one attached hydrogen (secondary N) is 1. The molecule has 0 aliphatic carbocycles. The second-order valence-electron chi connectivity index (χ2n) is 4.54. The summed E-state index contributed by atoms with van der Waals surface area (Å²) in [5.74, 6) is 0. The largest absolute Gasteiger partial charge is 0.329 e. The summed E-state index contributed by atoms with van der Waals surface area (Å²) in [5, 5.41) is 5.50. The molecule has 1 saturated heterocycles. The lowest BCUT2D eigenvalue weighted by Gasteiger charge is -2.27. The van der Waals surface area contributed by atoms with E-state index >= 15 is 0 Å². The average Bonchev–Trinajstić information content (AvgIpc) is 3.08. The molecule has 0 aromatic carbocycles. The molecule has 0 bridgehead atoms. The van der Waals surface area contributed by atoms with Gasteiger partial charge in [0.2, 0.25) is 0 Å². The quantitative estimate of drug-likeness (QED) is 0.907. The molecule has 4 nitrogen and oxygen atoms in total. The van der Waals surface area contributed by atoms with E-state index in [1.54, 1.807) is 11.3 Å². The Hall–Kier alpha value is -1.17. The molecule has 0 saturated carbocycles. The van der Waals surface area contributed by atoms with Gasteiger partial charge in [-0.1, -0.05) is 6.07 Å². The van der Waals surface area contributed by atoms with Crippen molar-refractivity contribution in [3.63, 3.8) is 0 Å². The van der Waals surface area contributed by atoms with E-state index in [-0.39, 0.29) is 0 Å². The summed E-state index contributed by atoms with van der Waals surface area (Å²) < 4.78 is 2.26. The first kappa shape index (κ1) is 11.9. The van der Waals surface area contributed by atoms with Gasteiger partial charge in [0.25, 0.3) is 0 Å². The molecule has 0 spiro atoms. The van der Waals surface area contributed by atoms with Gasteiger partial charge < -0.3 is 9.88 Å². The van der Waals surface area contributed by atoms with E-state index in [9.17, 15) is 0 Å². The first-order valence-corrected chi connectivity index (χ1v) is 7.28. The third kappa shape index (κ3) is 2.63. The number of aromatic nitrogens is 2. The SMILES string of the molecule is c1csc(-c2cncn2CCN2CCNCC2)c1. The number of nitrogens with zero attached hydrogens (tertiary/aromatic N) is 3. The molecule has 96 valence electrons. The molecule has 2 aromatic heterocycles. The fraction of sp³-hybridized carbons (Fsp3) is 0.462. The maximum atomic E-state index is 4.28. The first-order valence-electron chi connectivity index (χ1n) is 6.40. The minimum atomic E-state index is 1.02. The molecule has 0 atom stereocenters. The number of piperazine rings is 1. The standard InChI is InChI=1S/C13H18N4S/c1-2-13(18-9-1)12-10-15-11-17(12)8-7-16-5-3-14-4-6-16/h1-2,9-11,14H,3-8H2. The molecule has 3 heterocycles. The molecular weight excluding hydrogens is 244 g/mol. The highest BCUT2D eigenvalue weighted by molar-refractivity contribution is 7.13. The van der Waals surface area contributed by atoms with E-state index in [0.717, 1.165) is 39.3 Å². The number of hydrogen-bond acceptors (Lipinski definition) is 4. The molecule has 1 aliphatic heterocycles. The van der Waals surface area contributed by atoms with Crippen molar-refractivity contribution in [1.82, 2.24) is 19.8 Å². The van der Waals surface area contributed by atoms with Crippen LogP contribution in [0, 0.1) is 0 Å². The predicted octanol–water partition coefficient (Wildman–Crippen LogP) is 1.52. The molecule has 2 aromatic rings. The third-order valence-corrected chi connectivity index (χ3v) is 4.25. The smallest absolute Gasteiger partial charge is 0.0951 e. The van der Waals surface area contributed by atoms with Crippen LogP contribution in [-0.2, 0) is 6.54 Å². The Labute approximate surface area is 111 Å². The highest BCUT2D eigenvalue weighted by Crippen LogP contribution is 2.23. The maximum absolute atomic E-state index is 4.28. The van der Waals surface area contributed by atoms with E-state index < -0.39 is 0 Å². The molecule has 1 aliphatic rings. The predicted molar refractivity (Wildman–Crippen MR) is 74.8 cm³/mol. The van der Waals surface area contributed by atoms with Crippen LogP contribution in [0.25, 0.3) is 10.6 Å². The molecule has 0 amide bonds. The Kier molecular flexibility index (Phi) is 3.73. The second-order valence-corrected chi connectivity index (χ2v) is 5.49. The number of hydrogen-bond donors (Lipinski definition) is 1. The molecule has 1 fully saturated rings. The lowest BCUT2D eigenvalue weighted by atomic mass is 10.3. The molecule has 0 unspecified atom stereocenters. The van der Waals surface area contributed by atoms with Crippen molar-refractivity contribution in [2.75, 3.05) is 32.7 Å². The Morgan fingerprint density at radius 2 is 2.17 bits per heavy atom. The normalized spacial score (nSPS) is 17.1. The van der Waals surface area contributed by atoms with Crippen LogP contribution in [0.15, 0.2) is 30.0 Å². The van der Waals surface area contributed by atoms with Crippen molar-refractivity contribution in [2.45, 2.75) is 6.54 Å². The van der Waals surface area contributed by atoms with Gasteiger partial charge >= 0.3 is 0 Å². The number of thiophene rings is 1. The van der Waals surface area contributed by atoms with Gasteiger partial charge in [0.05, 0.1) is 23.1 Å². The van der Waals surface area contributed by atoms with Crippen molar-refractivity contribution in [2.24, 2.45) is 0 Å². The Balaban J connectivity index is 1.64. The van der Waals surface area contributed by atoms with Crippen LogP contribution in [-0.4, -0.2) is 47.2 Å². The summed E-state index contributed by atoms with van der Waals surface area (Å²) in [6.45, 7) is 6.67. The van der Waals surface area contributed by atoms with Gasteiger partial charge in [-0.2, -0.15) is 0 Å². The van der Waals surface area contributed by atoms with Gasteiger partial charge in [-0.15, -0.1) is 11.3 Å². The van der Waals surface area contributed by atoms with E-state index in [0.29, 0.717) is 0 Å². The molecular formula is C13H18N4S. The minimum Gasteiger partial charge on any atom is -0.329 e. The lowest BCUT2D eigenvalue weighted by molar-refractivity contribution is 0.233. The van der Waals surface area contributed by atoms with Crippen molar-refractivity contribution in [3.05, 3.63) is 30.0 Å². The fourth-order valence-electron chi connectivity index (χ4n) is 2.31. The van der Waals surface area contributed by atoms with Gasteiger partial charge in [-0.3, -0.25) is 4.90 Å². The van der Waals surface area contributed by atoms with Crippen molar-refractivity contribution in [1.29, 1.82) is 0 Å². The van der Waals surface area contributed by atoms with Crippen molar-refractivity contribution in [3.8, 4) is 10.6 Å². The zero-order chi connectivity index (χ0) is 12.2. The van der Waals surface area contributed by atoms with Crippen LogP contribution in [0.4, 0.5) is 0 Å². The molecule has 5 heteroatoms. The average molecular weight is 262 g/mol. The van der Waals surface area contributed by atoms with Crippen LogP contribution < -0.4 is 5.32 Å². The Morgan fingerprint density at radius 3 is 2.94 bits per heavy atom.